The number of carbonyl (C=O) groups is 1. The Morgan fingerprint density at radius 1 is 1.50 bits per heavy atom. The third kappa shape index (κ3) is 2.87. The molecule has 0 spiro atoms. The van der Waals surface area contributed by atoms with Crippen molar-refractivity contribution in [1.82, 2.24) is 20.8 Å². The molecule has 1 aliphatic rings. The first-order chi connectivity index (χ1) is 8.58. The zero-order chi connectivity index (χ0) is 13.1. The van der Waals surface area contributed by atoms with Gasteiger partial charge in [0, 0.05) is 6.04 Å². The van der Waals surface area contributed by atoms with Crippen molar-refractivity contribution in [2.45, 2.75) is 45.7 Å². The first-order valence-electron chi connectivity index (χ1n) is 6.45. The van der Waals surface area contributed by atoms with E-state index in [-0.39, 0.29) is 23.8 Å². The van der Waals surface area contributed by atoms with Crippen molar-refractivity contribution < 1.29 is 9.32 Å². The Morgan fingerprint density at radius 2 is 2.28 bits per heavy atom. The van der Waals surface area contributed by atoms with Crippen molar-refractivity contribution in [1.29, 1.82) is 0 Å². The maximum Gasteiger partial charge on any atom is 0.292 e. The van der Waals surface area contributed by atoms with E-state index in [1.54, 1.807) is 0 Å². The highest BCUT2D eigenvalue weighted by Gasteiger charge is 2.24. The maximum absolute atomic E-state index is 11.9. The van der Waals surface area contributed by atoms with Crippen molar-refractivity contribution in [3.63, 3.8) is 0 Å². The Kier molecular flexibility index (Phi) is 3.96. The smallest absolute Gasteiger partial charge is 0.292 e. The molecule has 1 saturated heterocycles. The molecule has 18 heavy (non-hydrogen) atoms. The second-order valence-electron chi connectivity index (χ2n) is 5.11. The fourth-order valence-corrected chi connectivity index (χ4v) is 1.80. The van der Waals surface area contributed by atoms with Crippen LogP contribution in [0.4, 0.5) is 0 Å². The van der Waals surface area contributed by atoms with Gasteiger partial charge in [0.25, 0.3) is 11.7 Å². The van der Waals surface area contributed by atoms with Crippen LogP contribution in [0.25, 0.3) is 0 Å². The second kappa shape index (κ2) is 5.48. The molecule has 0 bridgehead atoms. The van der Waals surface area contributed by atoms with E-state index in [4.69, 9.17) is 4.52 Å². The average Bonchev–Trinajstić information content (AvgIpc) is 2.99. The Labute approximate surface area is 107 Å². The summed E-state index contributed by atoms with van der Waals surface area (Å²) in [4.78, 5) is 16.0. The first kappa shape index (κ1) is 13.0. The number of amides is 1. The summed E-state index contributed by atoms with van der Waals surface area (Å²) in [6, 6.07) is 0.186. The normalized spacial score (nSPS) is 21.2. The van der Waals surface area contributed by atoms with Gasteiger partial charge in [0.15, 0.2) is 0 Å². The summed E-state index contributed by atoms with van der Waals surface area (Å²) < 4.78 is 5.13. The second-order valence-corrected chi connectivity index (χ2v) is 5.11. The van der Waals surface area contributed by atoms with Gasteiger partial charge in [-0.1, -0.05) is 19.0 Å². The zero-order valence-corrected chi connectivity index (χ0v) is 11.1. The van der Waals surface area contributed by atoms with E-state index in [0.717, 1.165) is 19.4 Å². The van der Waals surface area contributed by atoms with Gasteiger partial charge in [-0.25, -0.2) is 0 Å². The van der Waals surface area contributed by atoms with Gasteiger partial charge in [-0.2, -0.15) is 4.98 Å². The lowest BCUT2D eigenvalue weighted by molar-refractivity contribution is 0.0917. The van der Waals surface area contributed by atoms with E-state index in [0.29, 0.717) is 11.8 Å². The van der Waals surface area contributed by atoms with Crippen LogP contribution in [0.2, 0.25) is 0 Å². The summed E-state index contributed by atoms with van der Waals surface area (Å²) in [5, 5.41) is 9.85. The van der Waals surface area contributed by atoms with Crippen LogP contribution in [-0.2, 0) is 0 Å². The Bertz CT molecular complexity index is 410. The predicted octanol–water partition coefficient (Wildman–Crippen LogP) is 1.27. The van der Waals surface area contributed by atoms with Gasteiger partial charge in [-0.05, 0) is 32.2 Å². The van der Waals surface area contributed by atoms with Gasteiger partial charge in [0.2, 0.25) is 5.89 Å². The molecule has 0 saturated carbocycles. The molecule has 2 unspecified atom stereocenters. The SMILES string of the molecule is CC(C)C(C)NC(=O)c1noc(C2CCCN2)n1. The third-order valence-corrected chi connectivity index (χ3v) is 3.36. The number of hydrogen-bond donors (Lipinski definition) is 2. The van der Waals surface area contributed by atoms with Crippen LogP contribution in [0.1, 0.15) is 56.2 Å². The van der Waals surface area contributed by atoms with Gasteiger partial charge >= 0.3 is 0 Å². The molecule has 0 radical (unpaired) electrons. The molecule has 0 aliphatic carbocycles. The van der Waals surface area contributed by atoms with Crippen LogP contribution < -0.4 is 10.6 Å². The van der Waals surface area contributed by atoms with Crippen LogP contribution in [0, 0.1) is 5.92 Å². The van der Waals surface area contributed by atoms with E-state index >= 15 is 0 Å². The average molecular weight is 252 g/mol. The van der Waals surface area contributed by atoms with Crippen molar-refractivity contribution in [3.8, 4) is 0 Å². The molecular weight excluding hydrogens is 232 g/mol. The highest BCUT2D eigenvalue weighted by atomic mass is 16.5. The van der Waals surface area contributed by atoms with Crippen LogP contribution in [-0.4, -0.2) is 28.6 Å². The minimum Gasteiger partial charge on any atom is -0.346 e. The van der Waals surface area contributed by atoms with Gasteiger partial charge in [-0.3, -0.25) is 4.79 Å². The molecule has 1 amide bonds. The van der Waals surface area contributed by atoms with Crippen molar-refractivity contribution in [2.75, 3.05) is 6.54 Å². The van der Waals surface area contributed by atoms with Crippen molar-refractivity contribution in [3.05, 3.63) is 11.7 Å². The van der Waals surface area contributed by atoms with E-state index in [9.17, 15) is 4.79 Å². The lowest BCUT2D eigenvalue weighted by atomic mass is 10.1. The van der Waals surface area contributed by atoms with Crippen LogP contribution in [0.15, 0.2) is 4.52 Å². The molecule has 6 nitrogen and oxygen atoms in total. The molecular formula is C12H20N4O2. The summed E-state index contributed by atoms with van der Waals surface area (Å²) in [6.07, 6.45) is 2.07. The van der Waals surface area contributed by atoms with Gasteiger partial charge in [0.1, 0.15) is 0 Å². The topological polar surface area (TPSA) is 80.0 Å². The van der Waals surface area contributed by atoms with E-state index in [2.05, 4.69) is 34.6 Å². The Morgan fingerprint density at radius 3 is 2.89 bits per heavy atom. The summed E-state index contributed by atoms with van der Waals surface area (Å²) in [6.45, 7) is 7.02. The van der Waals surface area contributed by atoms with Crippen molar-refractivity contribution >= 4 is 5.91 Å². The molecule has 1 aromatic rings. The molecule has 1 aliphatic heterocycles. The molecule has 6 heteroatoms. The lowest BCUT2D eigenvalue weighted by Crippen LogP contribution is -2.36. The van der Waals surface area contributed by atoms with E-state index in [1.165, 1.54) is 0 Å². The highest BCUT2D eigenvalue weighted by molar-refractivity contribution is 5.90. The standard InChI is InChI=1S/C12H20N4O2/c1-7(2)8(3)14-11(17)10-15-12(18-16-10)9-5-4-6-13-9/h7-9,13H,4-6H2,1-3H3,(H,14,17). The number of hydrogen-bond acceptors (Lipinski definition) is 5. The zero-order valence-electron chi connectivity index (χ0n) is 11.1. The monoisotopic (exact) mass is 252 g/mol. The molecule has 2 N–H and O–H groups in total. The fraction of sp³-hybridized carbons (Fsp3) is 0.750. The van der Waals surface area contributed by atoms with Crippen LogP contribution >= 0.6 is 0 Å². The summed E-state index contributed by atoms with van der Waals surface area (Å²) >= 11 is 0. The van der Waals surface area contributed by atoms with Crippen LogP contribution in [0.5, 0.6) is 0 Å². The number of nitrogens with one attached hydrogen (secondary N) is 2. The Hall–Kier alpha value is -1.43. The minimum atomic E-state index is -0.274. The fourth-order valence-electron chi connectivity index (χ4n) is 1.80. The summed E-state index contributed by atoms with van der Waals surface area (Å²) in [7, 11) is 0. The third-order valence-electron chi connectivity index (χ3n) is 3.36. The number of rotatable bonds is 4. The molecule has 0 aromatic carbocycles. The Balaban J connectivity index is 1.98. The number of nitrogens with zero attached hydrogens (tertiary/aromatic N) is 2. The highest BCUT2D eigenvalue weighted by Crippen LogP contribution is 2.20. The first-order valence-corrected chi connectivity index (χ1v) is 6.45. The van der Waals surface area contributed by atoms with Gasteiger partial charge in [0.05, 0.1) is 6.04 Å². The quantitative estimate of drug-likeness (QED) is 0.843. The summed E-state index contributed by atoms with van der Waals surface area (Å²) in [5.74, 6) is 0.724. The molecule has 2 atom stereocenters. The lowest BCUT2D eigenvalue weighted by Gasteiger charge is -2.15. The number of carbonyl (C=O) groups excluding carboxylic acids is 1. The summed E-state index contributed by atoms with van der Waals surface area (Å²) in [5.41, 5.74) is 0. The molecule has 2 rings (SSSR count). The van der Waals surface area contributed by atoms with Crippen LogP contribution in [0.3, 0.4) is 0 Å². The molecule has 1 aromatic heterocycles. The largest absolute Gasteiger partial charge is 0.346 e. The van der Waals surface area contributed by atoms with E-state index < -0.39 is 0 Å². The minimum absolute atomic E-state index is 0.0871. The number of aromatic nitrogens is 2. The molecule has 2 heterocycles. The van der Waals surface area contributed by atoms with Gasteiger partial charge < -0.3 is 15.2 Å². The molecule has 100 valence electrons. The van der Waals surface area contributed by atoms with E-state index in [1.807, 2.05) is 6.92 Å². The molecule has 1 fully saturated rings. The van der Waals surface area contributed by atoms with Gasteiger partial charge in [-0.15, -0.1) is 0 Å². The predicted molar refractivity (Wildman–Crippen MR) is 66.0 cm³/mol. The van der Waals surface area contributed by atoms with Crippen molar-refractivity contribution in [2.24, 2.45) is 5.92 Å². The maximum atomic E-state index is 11.9.